The molecule has 0 heterocycles. The fourth-order valence-electron chi connectivity index (χ4n) is 4.67. The number of hydrogen-bond donors (Lipinski definition) is 3. The van der Waals surface area contributed by atoms with Crippen LogP contribution >= 0.6 is 0 Å². The molecule has 2 aromatic rings. The number of nitrogens with one attached hydrogen (secondary N) is 3. The summed E-state index contributed by atoms with van der Waals surface area (Å²) in [5.41, 5.74) is 7.06. The van der Waals surface area contributed by atoms with Crippen LogP contribution < -0.4 is 15.4 Å². The fourth-order valence-corrected chi connectivity index (χ4v) is 5.69. The second kappa shape index (κ2) is 9.83. The third kappa shape index (κ3) is 5.66. The molecule has 7 heteroatoms. The molecule has 166 valence electrons. The number of hydrogen-bond acceptors (Lipinski definition) is 4. The summed E-state index contributed by atoms with van der Waals surface area (Å²) in [5.74, 6) is -0.0571. The SMILES string of the molecule is O=C(Nc1c2c(cc3c1CCC3)CCC2)NS(=O)(=O)CCCCNCc1ccccc1. The number of amides is 2. The van der Waals surface area contributed by atoms with Gasteiger partial charge in [-0.05, 0) is 85.7 Å². The van der Waals surface area contributed by atoms with Gasteiger partial charge >= 0.3 is 6.03 Å². The zero-order valence-electron chi connectivity index (χ0n) is 17.9. The van der Waals surface area contributed by atoms with E-state index < -0.39 is 16.1 Å². The van der Waals surface area contributed by atoms with Crippen LogP contribution in [0.1, 0.15) is 53.5 Å². The average molecular weight is 442 g/mol. The van der Waals surface area contributed by atoms with Crippen molar-refractivity contribution in [2.45, 2.75) is 57.9 Å². The normalized spacial score (nSPS) is 14.8. The quantitative estimate of drug-likeness (QED) is 0.518. The number of carbonyl (C=O) groups is 1. The van der Waals surface area contributed by atoms with E-state index in [0.29, 0.717) is 6.42 Å². The Kier molecular flexibility index (Phi) is 6.92. The lowest BCUT2D eigenvalue weighted by Gasteiger charge is -2.16. The van der Waals surface area contributed by atoms with Crippen LogP contribution in [-0.2, 0) is 42.3 Å². The largest absolute Gasteiger partial charge is 0.332 e. The zero-order chi connectivity index (χ0) is 21.7. The van der Waals surface area contributed by atoms with Gasteiger partial charge in [0.05, 0.1) is 5.75 Å². The molecule has 31 heavy (non-hydrogen) atoms. The number of urea groups is 1. The van der Waals surface area contributed by atoms with Crippen LogP contribution in [0.4, 0.5) is 10.5 Å². The molecule has 0 bridgehead atoms. The highest BCUT2D eigenvalue weighted by molar-refractivity contribution is 7.90. The molecule has 3 N–H and O–H groups in total. The summed E-state index contributed by atoms with van der Waals surface area (Å²) < 4.78 is 26.9. The van der Waals surface area contributed by atoms with E-state index in [1.54, 1.807) is 0 Å². The minimum Gasteiger partial charge on any atom is -0.313 e. The Morgan fingerprint density at radius 1 is 0.903 bits per heavy atom. The Bertz CT molecular complexity index is 1000. The standard InChI is InChI=1S/C24H31N3O3S/c28-24(26-23-21-12-6-10-19(21)16-20-11-7-13-22(20)23)27-31(29,30)15-5-4-14-25-17-18-8-2-1-3-9-18/h1-3,8-9,16,25H,4-7,10-15,17H2,(H2,26,27,28). The minimum absolute atomic E-state index is 0.0571. The first kappa shape index (κ1) is 21.8. The molecule has 0 fully saturated rings. The van der Waals surface area contributed by atoms with Crippen molar-refractivity contribution in [2.24, 2.45) is 0 Å². The number of fused-ring (bicyclic) bond motifs is 2. The van der Waals surface area contributed by atoms with Crippen LogP contribution in [0.2, 0.25) is 0 Å². The molecule has 2 amide bonds. The average Bonchev–Trinajstić information content (AvgIpc) is 3.40. The predicted molar refractivity (Wildman–Crippen MR) is 124 cm³/mol. The van der Waals surface area contributed by atoms with Crippen molar-refractivity contribution < 1.29 is 13.2 Å². The summed E-state index contributed by atoms with van der Waals surface area (Å²) in [5, 5.41) is 6.20. The van der Waals surface area contributed by atoms with Gasteiger partial charge in [0.15, 0.2) is 0 Å². The number of unbranched alkanes of at least 4 members (excludes halogenated alkanes) is 1. The third-order valence-electron chi connectivity index (χ3n) is 6.15. The van der Waals surface area contributed by atoms with Gasteiger partial charge in [0, 0.05) is 12.2 Å². The molecular formula is C24H31N3O3S. The highest BCUT2D eigenvalue weighted by Crippen LogP contribution is 2.38. The predicted octanol–water partition coefficient (Wildman–Crippen LogP) is 3.69. The maximum Gasteiger partial charge on any atom is 0.332 e. The van der Waals surface area contributed by atoms with E-state index in [4.69, 9.17) is 0 Å². The molecule has 0 saturated heterocycles. The van der Waals surface area contributed by atoms with E-state index >= 15 is 0 Å². The van der Waals surface area contributed by atoms with Crippen LogP contribution in [0.25, 0.3) is 0 Å². The molecule has 0 spiro atoms. The summed E-state index contributed by atoms with van der Waals surface area (Å²) in [6.07, 6.45) is 7.37. The molecule has 6 nitrogen and oxygen atoms in total. The first-order valence-electron chi connectivity index (χ1n) is 11.2. The van der Waals surface area contributed by atoms with Gasteiger partial charge < -0.3 is 10.6 Å². The number of carbonyl (C=O) groups excluding carboxylic acids is 1. The maximum absolute atomic E-state index is 12.5. The van der Waals surface area contributed by atoms with Crippen LogP contribution in [0, 0.1) is 0 Å². The molecule has 2 aromatic carbocycles. The summed E-state index contributed by atoms with van der Waals surface area (Å²) in [6, 6.07) is 11.7. The van der Waals surface area contributed by atoms with Crippen molar-refractivity contribution in [3.63, 3.8) is 0 Å². The molecule has 0 aromatic heterocycles. The van der Waals surface area contributed by atoms with E-state index in [1.165, 1.54) is 27.8 Å². The van der Waals surface area contributed by atoms with Gasteiger partial charge in [-0.15, -0.1) is 0 Å². The van der Waals surface area contributed by atoms with Gasteiger partial charge in [-0.25, -0.2) is 17.9 Å². The molecule has 0 atom stereocenters. The maximum atomic E-state index is 12.5. The molecule has 0 aliphatic heterocycles. The van der Waals surface area contributed by atoms with E-state index in [9.17, 15) is 13.2 Å². The van der Waals surface area contributed by atoms with Crippen molar-refractivity contribution in [3.8, 4) is 0 Å². The Morgan fingerprint density at radius 3 is 2.26 bits per heavy atom. The van der Waals surface area contributed by atoms with Gasteiger partial charge in [-0.1, -0.05) is 36.4 Å². The monoisotopic (exact) mass is 441 g/mol. The van der Waals surface area contributed by atoms with Crippen molar-refractivity contribution >= 4 is 21.7 Å². The van der Waals surface area contributed by atoms with E-state index in [2.05, 4.69) is 33.6 Å². The minimum atomic E-state index is -3.66. The highest BCUT2D eigenvalue weighted by Gasteiger charge is 2.25. The summed E-state index contributed by atoms with van der Waals surface area (Å²) in [7, 11) is -3.66. The number of sulfonamides is 1. The summed E-state index contributed by atoms with van der Waals surface area (Å²) >= 11 is 0. The van der Waals surface area contributed by atoms with Gasteiger partial charge in [-0.3, -0.25) is 0 Å². The molecule has 0 saturated carbocycles. The van der Waals surface area contributed by atoms with Crippen LogP contribution in [-0.4, -0.2) is 26.7 Å². The van der Waals surface area contributed by atoms with Crippen LogP contribution in [0.15, 0.2) is 36.4 Å². The highest BCUT2D eigenvalue weighted by atomic mass is 32.2. The lowest BCUT2D eigenvalue weighted by atomic mass is 9.99. The number of benzene rings is 2. The van der Waals surface area contributed by atoms with E-state index in [1.807, 2.05) is 18.2 Å². The van der Waals surface area contributed by atoms with Crippen LogP contribution in [0.3, 0.4) is 0 Å². The molecule has 0 radical (unpaired) electrons. The third-order valence-corrected chi connectivity index (χ3v) is 7.47. The van der Waals surface area contributed by atoms with E-state index in [-0.39, 0.29) is 5.75 Å². The topological polar surface area (TPSA) is 87.3 Å². The van der Waals surface area contributed by atoms with Crippen molar-refractivity contribution in [1.29, 1.82) is 0 Å². The summed E-state index contributed by atoms with van der Waals surface area (Å²) in [4.78, 5) is 12.5. The molecule has 2 aliphatic carbocycles. The lowest BCUT2D eigenvalue weighted by Crippen LogP contribution is -2.36. The molecule has 0 unspecified atom stereocenters. The lowest BCUT2D eigenvalue weighted by molar-refractivity contribution is 0.256. The van der Waals surface area contributed by atoms with Gasteiger partial charge in [0.1, 0.15) is 0 Å². The number of rotatable bonds is 9. The van der Waals surface area contributed by atoms with Crippen molar-refractivity contribution in [1.82, 2.24) is 10.0 Å². The van der Waals surface area contributed by atoms with Gasteiger partial charge in [-0.2, -0.15) is 0 Å². The molecule has 2 aliphatic rings. The second-order valence-corrected chi connectivity index (χ2v) is 10.3. The Hall–Kier alpha value is -2.38. The number of anilines is 1. The van der Waals surface area contributed by atoms with E-state index in [0.717, 1.165) is 63.7 Å². The first-order chi connectivity index (χ1) is 15.0. The second-order valence-electron chi connectivity index (χ2n) is 8.48. The Balaban J connectivity index is 1.24. The Morgan fingerprint density at radius 2 is 1.58 bits per heavy atom. The Labute approximate surface area is 184 Å². The van der Waals surface area contributed by atoms with Gasteiger partial charge in [0.25, 0.3) is 0 Å². The van der Waals surface area contributed by atoms with Gasteiger partial charge in [0.2, 0.25) is 10.0 Å². The first-order valence-corrected chi connectivity index (χ1v) is 12.9. The van der Waals surface area contributed by atoms with Crippen molar-refractivity contribution in [3.05, 3.63) is 64.2 Å². The smallest absolute Gasteiger partial charge is 0.313 e. The number of aryl methyl sites for hydroxylation is 2. The summed E-state index contributed by atoms with van der Waals surface area (Å²) in [6.45, 7) is 1.50. The van der Waals surface area contributed by atoms with Crippen molar-refractivity contribution in [2.75, 3.05) is 17.6 Å². The zero-order valence-corrected chi connectivity index (χ0v) is 18.7. The van der Waals surface area contributed by atoms with Crippen LogP contribution in [0.5, 0.6) is 0 Å². The molecule has 4 rings (SSSR count). The molecular weight excluding hydrogens is 410 g/mol. The fraction of sp³-hybridized carbons (Fsp3) is 0.458.